The Bertz CT molecular complexity index is 348. The van der Waals surface area contributed by atoms with E-state index in [4.69, 9.17) is 16.3 Å². The molecule has 0 N–H and O–H groups in total. The molecular formula is C11H11ClO3. The maximum atomic E-state index is 11.4. The first-order valence-corrected chi connectivity index (χ1v) is 4.99. The van der Waals surface area contributed by atoms with Gasteiger partial charge in [0.15, 0.2) is 11.9 Å². The lowest BCUT2D eigenvalue weighted by molar-refractivity contribution is -0.152. The normalized spacial score (nSPS) is 11.9. The zero-order valence-corrected chi connectivity index (χ0v) is 9.03. The number of rotatable bonds is 4. The van der Waals surface area contributed by atoms with Gasteiger partial charge in [0.1, 0.15) is 0 Å². The van der Waals surface area contributed by atoms with Crippen LogP contribution in [0.2, 0.25) is 0 Å². The van der Waals surface area contributed by atoms with E-state index in [1.54, 1.807) is 24.3 Å². The van der Waals surface area contributed by atoms with Crippen LogP contribution < -0.4 is 0 Å². The van der Waals surface area contributed by atoms with Crippen LogP contribution in [0.5, 0.6) is 0 Å². The summed E-state index contributed by atoms with van der Waals surface area (Å²) in [6.45, 7) is 1.26. The third-order valence-corrected chi connectivity index (χ3v) is 2.07. The van der Waals surface area contributed by atoms with Gasteiger partial charge in [-0.25, -0.2) is 0 Å². The zero-order valence-electron chi connectivity index (χ0n) is 8.27. The summed E-state index contributed by atoms with van der Waals surface area (Å²) in [7, 11) is 0. The van der Waals surface area contributed by atoms with Gasteiger partial charge in [-0.15, -0.1) is 11.6 Å². The van der Waals surface area contributed by atoms with E-state index in [0.29, 0.717) is 5.56 Å². The van der Waals surface area contributed by atoms with Crippen molar-refractivity contribution >= 4 is 23.4 Å². The highest BCUT2D eigenvalue weighted by molar-refractivity contribution is 6.28. The molecule has 3 nitrogen and oxygen atoms in total. The maximum absolute atomic E-state index is 11.4. The van der Waals surface area contributed by atoms with Crippen molar-refractivity contribution in [1.82, 2.24) is 0 Å². The Morgan fingerprint density at radius 1 is 1.33 bits per heavy atom. The molecule has 1 aromatic carbocycles. The molecule has 0 bridgehead atoms. The molecule has 0 spiro atoms. The second-order valence-electron chi connectivity index (χ2n) is 3.00. The summed E-state index contributed by atoms with van der Waals surface area (Å²) >= 11 is 5.44. The number of alkyl halides is 1. The molecule has 1 rings (SSSR count). The van der Waals surface area contributed by atoms with Gasteiger partial charge in [-0.05, 0) is 0 Å². The molecule has 1 aromatic rings. The van der Waals surface area contributed by atoms with Gasteiger partial charge >= 0.3 is 5.97 Å². The fourth-order valence-electron chi connectivity index (χ4n) is 1.18. The minimum absolute atomic E-state index is 0.174. The fraction of sp³-hybridized carbons (Fsp3) is 0.273. The third kappa shape index (κ3) is 3.36. The number of carbonyl (C=O) groups excluding carboxylic acids is 2. The first kappa shape index (κ1) is 11.7. The van der Waals surface area contributed by atoms with E-state index >= 15 is 0 Å². The minimum atomic E-state index is -0.888. The number of ether oxygens (including phenoxy) is 1. The topological polar surface area (TPSA) is 43.4 Å². The SMILES string of the molecule is CC(=O)OC(C(=O)CCl)c1ccccc1. The molecule has 0 aliphatic carbocycles. The van der Waals surface area contributed by atoms with Crippen molar-refractivity contribution in [3.05, 3.63) is 35.9 Å². The van der Waals surface area contributed by atoms with Crippen molar-refractivity contribution in [3.63, 3.8) is 0 Å². The van der Waals surface area contributed by atoms with Gasteiger partial charge in [0.05, 0.1) is 5.88 Å². The third-order valence-electron chi connectivity index (χ3n) is 1.81. The summed E-state index contributed by atoms with van der Waals surface area (Å²) in [6, 6.07) is 8.80. The summed E-state index contributed by atoms with van der Waals surface area (Å²) in [5.41, 5.74) is 0.637. The first-order chi connectivity index (χ1) is 7.15. The Morgan fingerprint density at radius 2 is 1.93 bits per heavy atom. The van der Waals surface area contributed by atoms with Crippen molar-refractivity contribution in [3.8, 4) is 0 Å². The molecule has 0 heterocycles. The molecular weight excluding hydrogens is 216 g/mol. The fourth-order valence-corrected chi connectivity index (χ4v) is 1.32. The zero-order chi connectivity index (χ0) is 11.3. The summed E-state index contributed by atoms with van der Waals surface area (Å²) in [5.74, 6) is -0.993. The van der Waals surface area contributed by atoms with Gasteiger partial charge in [0.25, 0.3) is 0 Å². The van der Waals surface area contributed by atoms with Crippen LogP contribution in [-0.4, -0.2) is 17.6 Å². The molecule has 1 atom stereocenters. The highest BCUT2D eigenvalue weighted by Gasteiger charge is 2.22. The van der Waals surface area contributed by atoms with E-state index in [1.807, 2.05) is 6.07 Å². The van der Waals surface area contributed by atoms with E-state index in [-0.39, 0.29) is 11.7 Å². The number of hydrogen-bond acceptors (Lipinski definition) is 3. The van der Waals surface area contributed by atoms with Crippen molar-refractivity contribution in [2.75, 3.05) is 5.88 Å². The van der Waals surface area contributed by atoms with Crippen LogP contribution in [0, 0.1) is 0 Å². The minimum Gasteiger partial charge on any atom is -0.450 e. The summed E-state index contributed by atoms with van der Waals surface area (Å²) in [5, 5.41) is 0. The average molecular weight is 227 g/mol. The molecule has 0 saturated heterocycles. The Balaban J connectivity index is 2.91. The monoisotopic (exact) mass is 226 g/mol. The standard InChI is InChI=1S/C11H11ClO3/c1-8(13)15-11(10(14)7-12)9-5-3-2-4-6-9/h2-6,11H,7H2,1H3. The van der Waals surface area contributed by atoms with Gasteiger partial charge in [0, 0.05) is 12.5 Å². The number of hydrogen-bond donors (Lipinski definition) is 0. The van der Waals surface area contributed by atoms with Crippen LogP contribution in [0.3, 0.4) is 0 Å². The van der Waals surface area contributed by atoms with Crippen molar-refractivity contribution < 1.29 is 14.3 Å². The Labute approximate surface area is 93.0 Å². The predicted molar refractivity (Wildman–Crippen MR) is 56.7 cm³/mol. The number of carbonyl (C=O) groups is 2. The van der Waals surface area contributed by atoms with Crippen molar-refractivity contribution in [2.45, 2.75) is 13.0 Å². The molecule has 4 heteroatoms. The lowest BCUT2D eigenvalue weighted by Gasteiger charge is -2.14. The van der Waals surface area contributed by atoms with Gasteiger partial charge in [-0.2, -0.15) is 0 Å². The largest absolute Gasteiger partial charge is 0.450 e. The highest BCUT2D eigenvalue weighted by Crippen LogP contribution is 2.18. The number of ketones is 1. The molecule has 80 valence electrons. The Hall–Kier alpha value is -1.35. The number of benzene rings is 1. The smallest absolute Gasteiger partial charge is 0.303 e. The molecule has 1 unspecified atom stereocenters. The van der Waals surface area contributed by atoms with Crippen LogP contribution >= 0.6 is 11.6 Å². The average Bonchev–Trinajstić information content (AvgIpc) is 2.26. The quantitative estimate of drug-likeness (QED) is 0.583. The van der Waals surface area contributed by atoms with Gasteiger partial charge in [-0.3, -0.25) is 9.59 Å². The summed E-state index contributed by atoms with van der Waals surface area (Å²) in [6.07, 6.45) is -0.888. The number of Topliss-reactive ketones (excluding diaryl/α,β-unsaturated/α-hetero) is 1. The number of esters is 1. The van der Waals surface area contributed by atoms with E-state index in [0.717, 1.165) is 0 Å². The summed E-state index contributed by atoms with van der Waals surface area (Å²) < 4.78 is 4.92. The van der Waals surface area contributed by atoms with Crippen molar-refractivity contribution in [2.24, 2.45) is 0 Å². The molecule has 0 fully saturated rings. The molecule has 0 aliphatic heterocycles. The molecule has 0 amide bonds. The maximum Gasteiger partial charge on any atom is 0.303 e. The molecule has 0 saturated carbocycles. The molecule has 15 heavy (non-hydrogen) atoms. The highest BCUT2D eigenvalue weighted by atomic mass is 35.5. The second kappa shape index (κ2) is 5.51. The van der Waals surface area contributed by atoms with E-state index in [2.05, 4.69) is 0 Å². The molecule has 0 aromatic heterocycles. The van der Waals surface area contributed by atoms with Crippen LogP contribution in [0.1, 0.15) is 18.6 Å². The molecule has 0 radical (unpaired) electrons. The van der Waals surface area contributed by atoms with Gasteiger partial charge < -0.3 is 4.74 Å². The van der Waals surface area contributed by atoms with E-state index < -0.39 is 12.1 Å². The summed E-state index contributed by atoms with van der Waals surface area (Å²) in [4.78, 5) is 22.3. The van der Waals surface area contributed by atoms with Crippen LogP contribution in [0.4, 0.5) is 0 Å². The Kier molecular flexibility index (Phi) is 4.31. The second-order valence-corrected chi connectivity index (χ2v) is 3.27. The van der Waals surface area contributed by atoms with E-state index in [1.165, 1.54) is 6.92 Å². The van der Waals surface area contributed by atoms with E-state index in [9.17, 15) is 9.59 Å². The lowest BCUT2D eigenvalue weighted by atomic mass is 10.1. The van der Waals surface area contributed by atoms with Gasteiger partial charge in [-0.1, -0.05) is 30.3 Å². The predicted octanol–water partition coefficient (Wildman–Crippen LogP) is 2.10. The Morgan fingerprint density at radius 3 is 2.40 bits per heavy atom. The van der Waals surface area contributed by atoms with Crippen LogP contribution in [0.25, 0.3) is 0 Å². The first-order valence-electron chi connectivity index (χ1n) is 4.46. The number of halogens is 1. The molecule has 0 aliphatic rings. The van der Waals surface area contributed by atoms with Gasteiger partial charge in [0.2, 0.25) is 0 Å². The van der Waals surface area contributed by atoms with Crippen molar-refractivity contribution in [1.29, 1.82) is 0 Å². The van der Waals surface area contributed by atoms with Crippen LogP contribution in [-0.2, 0) is 14.3 Å². The van der Waals surface area contributed by atoms with Crippen LogP contribution in [0.15, 0.2) is 30.3 Å². The lowest BCUT2D eigenvalue weighted by Crippen LogP contribution is -2.19.